The van der Waals surface area contributed by atoms with Gasteiger partial charge in [0.2, 0.25) is 5.78 Å². The predicted octanol–water partition coefficient (Wildman–Crippen LogP) is 3.76. The molecule has 1 heterocycles. The van der Waals surface area contributed by atoms with Gasteiger partial charge in [-0.3, -0.25) is 4.79 Å². The Morgan fingerprint density at radius 2 is 1.81 bits per heavy atom. The van der Waals surface area contributed by atoms with E-state index in [-0.39, 0.29) is 5.78 Å². The van der Waals surface area contributed by atoms with Crippen LogP contribution in [0.15, 0.2) is 53.3 Å². The van der Waals surface area contributed by atoms with Crippen molar-refractivity contribution in [3.8, 4) is 16.9 Å². The first kappa shape index (κ1) is 17.7. The molecule has 0 radical (unpaired) electrons. The van der Waals surface area contributed by atoms with Gasteiger partial charge in [0.15, 0.2) is 11.3 Å². The number of ketones is 1. The number of hydrogen-bond donors (Lipinski definition) is 1. The van der Waals surface area contributed by atoms with Crippen LogP contribution in [0.25, 0.3) is 17.2 Å². The van der Waals surface area contributed by atoms with E-state index in [4.69, 9.17) is 15.3 Å². The van der Waals surface area contributed by atoms with Crippen molar-refractivity contribution in [1.29, 1.82) is 0 Å². The summed E-state index contributed by atoms with van der Waals surface area (Å²) in [7, 11) is 1.62. The summed E-state index contributed by atoms with van der Waals surface area (Å²) < 4.78 is 5.49. The van der Waals surface area contributed by atoms with Gasteiger partial charge < -0.3 is 15.3 Å². The van der Waals surface area contributed by atoms with E-state index in [1.165, 1.54) is 0 Å². The molecule has 0 amide bonds. The molecule has 2 aromatic carbocycles. The quantitative estimate of drug-likeness (QED) is 0.911. The molecule has 2 aromatic rings. The molecule has 2 N–H and O–H groups in total. The third-order valence-electron chi connectivity index (χ3n) is 4.22. The highest BCUT2D eigenvalue weighted by Crippen LogP contribution is 2.33. The topological polar surface area (TPSA) is 73.9 Å². The lowest BCUT2D eigenvalue weighted by molar-refractivity contribution is -0.128. The molecule has 26 heavy (non-hydrogen) atoms. The second-order valence-corrected chi connectivity index (χ2v) is 6.80. The number of allylic oxidation sites excluding steroid dienone is 1. The zero-order chi connectivity index (χ0) is 18.9. The molecule has 0 saturated carbocycles. The molecule has 0 fully saturated rings. The fourth-order valence-corrected chi connectivity index (χ4v) is 2.81. The van der Waals surface area contributed by atoms with Gasteiger partial charge in [-0.05, 0) is 56.2 Å². The smallest absolute Gasteiger partial charge is 0.230 e. The minimum absolute atomic E-state index is 0.132. The van der Waals surface area contributed by atoms with Crippen LogP contribution in [0.2, 0.25) is 0 Å². The zero-order valence-electron chi connectivity index (χ0n) is 15.4. The number of methoxy groups -OCH3 is 1. The Labute approximate surface area is 153 Å². The maximum atomic E-state index is 12.5. The van der Waals surface area contributed by atoms with Gasteiger partial charge in [-0.15, -0.1) is 0 Å². The first-order chi connectivity index (χ1) is 12.3. The molecular formula is C21H22N2O3. The van der Waals surface area contributed by atoms with Crippen LogP contribution in [0, 0.1) is 0 Å². The predicted molar refractivity (Wildman–Crippen MR) is 103 cm³/mol. The van der Waals surface area contributed by atoms with Gasteiger partial charge in [0.05, 0.1) is 7.11 Å². The fraction of sp³-hybridized carbons (Fsp3) is 0.238. The average molecular weight is 350 g/mol. The number of carbonyl (C=O) groups is 1. The van der Waals surface area contributed by atoms with Crippen LogP contribution >= 0.6 is 0 Å². The Morgan fingerprint density at radius 3 is 2.35 bits per heavy atom. The van der Waals surface area contributed by atoms with Gasteiger partial charge in [-0.1, -0.05) is 29.4 Å². The molecular weight excluding hydrogens is 328 g/mol. The maximum absolute atomic E-state index is 12.5. The largest absolute Gasteiger partial charge is 0.496 e. The summed E-state index contributed by atoms with van der Waals surface area (Å²) >= 11 is 0. The van der Waals surface area contributed by atoms with Gasteiger partial charge in [-0.25, -0.2) is 0 Å². The van der Waals surface area contributed by atoms with Gasteiger partial charge in [0.25, 0.3) is 0 Å². The monoisotopic (exact) mass is 350 g/mol. The number of nitrogens with two attached hydrogens (primary N) is 1. The van der Waals surface area contributed by atoms with E-state index < -0.39 is 5.60 Å². The van der Waals surface area contributed by atoms with E-state index in [1.54, 1.807) is 21.0 Å². The van der Waals surface area contributed by atoms with Crippen LogP contribution in [0.3, 0.4) is 0 Å². The van der Waals surface area contributed by atoms with Crippen molar-refractivity contribution < 1.29 is 14.4 Å². The number of nitrogens with zero attached hydrogens (tertiary/aromatic N) is 1. The van der Waals surface area contributed by atoms with E-state index in [0.717, 1.165) is 28.1 Å². The summed E-state index contributed by atoms with van der Waals surface area (Å²) in [5.74, 6) is 0.589. The number of hydrogen-bond acceptors (Lipinski definition) is 5. The van der Waals surface area contributed by atoms with E-state index in [9.17, 15) is 4.79 Å². The molecule has 0 aromatic heterocycles. The molecule has 0 unspecified atom stereocenters. The Balaban J connectivity index is 2.02. The Morgan fingerprint density at radius 1 is 1.15 bits per heavy atom. The normalized spacial score (nSPS) is 16.2. The summed E-state index contributed by atoms with van der Waals surface area (Å²) in [5.41, 5.74) is 9.46. The average Bonchev–Trinajstić information content (AvgIpc) is 2.88. The molecule has 5 heteroatoms. The summed E-state index contributed by atoms with van der Waals surface area (Å²) in [4.78, 5) is 17.7. The van der Waals surface area contributed by atoms with Gasteiger partial charge in [0, 0.05) is 16.8 Å². The number of carbonyl (C=O) groups excluding carboxylic acids is 1. The molecule has 3 rings (SSSR count). The van der Waals surface area contributed by atoms with Gasteiger partial charge >= 0.3 is 0 Å². The number of Topliss-reactive ketones (excluding diaryl/α,β-unsaturated/α-hetero) is 1. The zero-order valence-corrected chi connectivity index (χ0v) is 15.4. The van der Waals surface area contributed by atoms with E-state index in [0.29, 0.717) is 11.3 Å². The molecule has 0 bridgehead atoms. The number of rotatable bonds is 4. The minimum Gasteiger partial charge on any atom is -0.496 e. The first-order valence-electron chi connectivity index (χ1n) is 8.35. The summed E-state index contributed by atoms with van der Waals surface area (Å²) in [5, 5.41) is 3.98. The first-order valence-corrected chi connectivity index (χ1v) is 8.35. The molecule has 5 nitrogen and oxygen atoms in total. The lowest BCUT2D eigenvalue weighted by atomic mass is 9.93. The van der Waals surface area contributed by atoms with Crippen LogP contribution in [0.4, 0.5) is 0 Å². The number of benzene rings is 2. The van der Waals surface area contributed by atoms with Crippen LogP contribution in [-0.2, 0) is 9.63 Å². The lowest BCUT2D eigenvalue weighted by Gasteiger charge is -2.13. The standard InChI is InChI=1S/C21H22N2O3/c1-13(22)11-14-5-7-15(8-6-14)17-12-16(9-10-18(17)25-4)19-20(24)21(2,3)26-23-19/h5-12H,22H2,1-4H3/b13-11+. The maximum Gasteiger partial charge on any atom is 0.230 e. The number of oxime groups is 1. The third kappa shape index (κ3) is 3.33. The summed E-state index contributed by atoms with van der Waals surface area (Å²) in [6, 6.07) is 13.5. The minimum atomic E-state index is -0.927. The fourth-order valence-electron chi connectivity index (χ4n) is 2.81. The highest BCUT2D eigenvalue weighted by atomic mass is 16.7. The molecule has 134 valence electrons. The van der Waals surface area contributed by atoms with Crippen molar-refractivity contribution in [3.05, 3.63) is 59.3 Å². The van der Waals surface area contributed by atoms with Crippen LogP contribution in [0.1, 0.15) is 31.9 Å². The van der Waals surface area contributed by atoms with Crippen LogP contribution in [0.5, 0.6) is 5.75 Å². The highest BCUT2D eigenvalue weighted by Gasteiger charge is 2.40. The van der Waals surface area contributed by atoms with Crippen molar-refractivity contribution in [2.24, 2.45) is 10.9 Å². The van der Waals surface area contributed by atoms with Crippen LogP contribution < -0.4 is 10.5 Å². The Bertz CT molecular complexity index is 905. The molecule has 1 aliphatic heterocycles. The van der Waals surface area contributed by atoms with Crippen molar-refractivity contribution >= 4 is 17.6 Å². The van der Waals surface area contributed by atoms with Crippen molar-refractivity contribution in [1.82, 2.24) is 0 Å². The molecule has 1 aliphatic rings. The summed E-state index contributed by atoms with van der Waals surface area (Å²) in [6.45, 7) is 5.27. The van der Waals surface area contributed by atoms with Crippen molar-refractivity contribution in [3.63, 3.8) is 0 Å². The lowest BCUT2D eigenvalue weighted by Crippen LogP contribution is -2.33. The van der Waals surface area contributed by atoms with Gasteiger partial charge in [0.1, 0.15) is 5.75 Å². The second kappa shape index (κ2) is 6.67. The number of ether oxygens (including phenoxy) is 1. The third-order valence-corrected chi connectivity index (χ3v) is 4.22. The Kier molecular flexibility index (Phi) is 4.55. The highest BCUT2D eigenvalue weighted by molar-refractivity contribution is 6.49. The van der Waals surface area contributed by atoms with Crippen molar-refractivity contribution in [2.45, 2.75) is 26.4 Å². The van der Waals surface area contributed by atoms with E-state index >= 15 is 0 Å². The van der Waals surface area contributed by atoms with E-state index in [1.807, 2.05) is 55.5 Å². The van der Waals surface area contributed by atoms with Crippen LogP contribution in [-0.4, -0.2) is 24.2 Å². The molecule has 0 spiro atoms. The van der Waals surface area contributed by atoms with Gasteiger partial charge in [-0.2, -0.15) is 0 Å². The SMILES string of the molecule is COc1ccc(C2=NOC(C)(C)C2=O)cc1-c1ccc(/C=C(\C)N)cc1. The van der Waals surface area contributed by atoms with E-state index in [2.05, 4.69) is 5.16 Å². The molecule has 0 aliphatic carbocycles. The van der Waals surface area contributed by atoms with Crippen molar-refractivity contribution in [2.75, 3.05) is 7.11 Å². The second-order valence-electron chi connectivity index (χ2n) is 6.80. The Hall–Kier alpha value is -3.08. The molecule has 0 atom stereocenters. The molecule has 0 saturated heterocycles. The summed E-state index contributed by atoms with van der Waals surface area (Å²) in [6.07, 6.45) is 1.91.